The van der Waals surface area contributed by atoms with Crippen molar-refractivity contribution < 1.29 is 14.3 Å². The SMILES string of the molecule is O=C1OCCN1C1NCCO1. The minimum Gasteiger partial charge on any atom is -0.447 e. The van der Waals surface area contributed by atoms with E-state index in [1.165, 1.54) is 0 Å². The van der Waals surface area contributed by atoms with Crippen molar-refractivity contribution in [2.24, 2.45) is 0 Å². The predicted octanol–water partition coefficient (Wildman–Crippen LogP) is -0.658. The fraction of sp³-hybridized carbons (Fsp3) is 0.833. The van der Waals surface area contributed by atoms with E-state index >= 15 is 0 Å². The van der Waals surface area contributed by atoms with Crippen LogP contribution in [0.4, 0.5) is 4.79 Å². The van der Waals surface area contributed by atoms with Gasteiger partial charge in [-0.2, -0.15) is 0 Å². The predicted molar refractivity (Wildman–Crippen MR) is 35.8 cm³/mol. The average Bonchev–Trinajstić information content (AvgIpc) is 2.55. The van der Waals surface area contributed by atoms with E-state index in [2.05, 4.69) is 5.32 Å². The van der Waals surface area contributed by atoms with Gasteiger partial charge >= 0.3 is 6.09 Å². The Morgan fingerprint density at radius 2 is 2.45 bits per heavy atom. The number of carbonyl (C=O) groups is 1. The second-order valence-electron chi connectivity index (χ2n) is 2.49. The van der Waals surface area contributed by atoms with E-state index in [1.54, 1.807) is 4.90 Å². The highest BCUT2D eigenvalue weighted by Gasteiger charge is 2.31. The van der Waals surface area contributed by atoms with Crippen molar-refractivity contribution in [2.45, 2.75) is 6.35 Å². The van der Waals surface area contributed by atoms with Crippen LogP contribution in [0.2, 0.25) is 0 Å². The van der Waals surface area contributed by atoms with Crippen LogP contribution in [-0.4, -0.2) is 43.6 Å². The first-order valence-corrected chi connectivity index (χ1v) is 3.66. The number of nitrogens with one attached hydrogen (secondary N) is 1. The number of amides is 1. The summed E-state index contributed by atoms with van der Waals surface area (Å²) in [6.45, 7) is 2.56. The van der Waals surface area contributed by atoms with Gasteiger partial charge in [-0.25, -0.2) is 4.79 Å². The summed E-state index contributed by atoms with van der Waals surface area (Å²) in [7, 11) is 0. The van der Waals surface area contributed by atoms with Crippen molar-refractivity contribution >= 4 is 6.09 Å². The first kappa shape index (κ1) is 6.87. The van der Waals surface area contributed by atoms with E-state index in [4.69, 9.17) is 9.47 Å². The lowest BCUT2D eigenvalue weighted by Gasteiger charge is -2.19. The highest BCUT2D eigenvalue weighted by atomic mass is 16.6. The van der Waals surface area contributed by atoms with Crippen molar-refractivity contribution in [1.29, 1.82) is 0 Å². The molecule has 0 bridgehead atoms. The van der Waals surface area contributed by atoms with Crippen LogP contribution in [0.25, 0.3) is 0 Å². The second-order valence-corrected chi connectivity index (χ2v) is 2.49. The van der Waals surface area contributed by atoms with E-state index in [1.807, 2.05) is 0 Å². The molecule has 0 radical (unpaired) electrons. The summed E-state index contributed by atoms with van der Waals surface area (Å²) in [5.41, 5.74) is 0. The molecule has 2 rings (SSSR count). The van der Waals surface area contributed by atoms with Crippen LogP contribution in [0.5, 0.6) is 0 Å². The minimum absolute atomic E-state index is 0.259. The Balaban J connectivity index is 1.97. The van der Waals surface area contributed by atoms with Gasteiger partial charge in [0.1, 0.15) is 6.61 Å². The summed E-state index contributed by atoms with van der Waals surface area (Å²) in [6.07, 6.45) is -0.547. The smallest absolute Gasteiger partial charge is 0.413 e. The highest BCUT2D eigenvalue weighted by molar-refractivity contribution is 5.69. The van der Waals surface area contributed by atoms with Crippen molar-refractivity contribution in [3.63, 3.8) is 0 Å². The topological polar surface area (TPSA) is 50.8 Å². The fourth-order valence-corrected chi connectivity index (χ4v) is 1.23. The number of hydrogen-bond donors (Lipinski definition) is 1. The van der Waals surface area contributed by atoms with Gasteiger partial charge in [-0.3, -0.25) is 10.2 Å². The molecule has 11 heavy (non-hydrogen) atoms. The van der Waals surface area contributed by atoms with Crippen LogP contribution in [0.1, 0.15) is 0 Å². The lowest BCUT2D eigenvalue weighted by molar-refractivity contribution is -0.000968. The van der Waals surface area contributed by atoms with Gasteiger partial charge in [-0.05, 0) is 0 Å². The molecule has 2 saturated heterocycles. The number of ether oxygens (including phenoxy) is 2. The molecule has 0 aromatic carbocycles. The lowest BCUT2D eigenvalue weighted by Crippen LogP contribution is -2.43. The molecular weight excluding hydrogens is 148 g/mol. The monoisotopic (exact) mass is 158 g/mol. The number of rotatable bonds is 1. The minimum atomic E-state index is -0.288. The Morgan fingerprint density at radius 1 is 1.55 bits per heavy atom. The molecule has 1 N–H and O–H groups in total. The molecule has 1 unspecified atom stereocenters. The fourth-order valence-electron chi connectivity index (χ4n) is 1.23. The maximum Gasteiger partial charge on any atom is 0.413 e. The lowest BCUT2D eigenvalue weighted by atomic mass is 10.6. The number of hydrogen-bond acceptors (Lipinski definition) is 4. The van der Waals surface area contributed by atoms with Crippen molar-refractivity contribution in [2.75, 3.05) is 26.3 Å². The molecule has 0 saturated carbocycles. The molecule has 2 aliphatic rings. The molecule has 2 aliphatic heterocycles. The highest BCUT2D eigenvalue weighted by Crippen LogP contribution is 2.10. The normalized spacial score (nSPS) is 31.1. The zero-order chi connectivity index (χ0) is 7.68. The number of cyclic esters (lactones) is 1. The molecule has 0 aliphatic carbocycles. The van der Waals surface area contributed by atoms with Gasteiger partial charge in [-0.15, -0.1) is 0 Å². The summed E-state index contributed by atoms with van der Waals surface area (Å²) < 4.78 is 9.97. The molecule has 5 nitrogen and oxygen atoms in total. The molecule has 1 amide bonds. The van der Waals surface area contributed by atoms with E-state index in [0.29, 0.717) is 19.8 Å². The van der Waals surface area contributed by atoms with E-state index in [0.717, 1.165) is 6.54 Å². The van der Waals surface area contributed by atoms with Gasteiger partial charge in [0.15, 0.2) is 6.35 Å². The maximum atomic E-state index is 10.9. The van der Waals surface area contributed by atoms with E-state index in [9.17, 15) is 4.79 Å². The first-order chi connectivity index (χ1) is 5.38. The third-order valence-electron chi connectivity index (χ3n) is 1.77. The third-order valence-corrected chi connectivity index (χ3v) is 1.77. The van der Waals surface area contributed by atoms with Crippen LogP contribution in [-0.2, 0) is 9.47 Å². The van der Waals surface area contributed by atoms with Crippen LogP contribution < -0.4 is 5.32 Å². The van der Waals surface area contributed by atoms with Gasteiger partial charge < -0.3 is 9.47 Å². The average molecular weight is 158 g/mol. The molecule has 1 atom stereocenters. The summed E-state index contributed by atoms with van der Waals surface area (Å²) in [5.74, 6) is 0. The molecule has 0 aromatic rings. The molecule has 5 heteroatoms. The van der Waals surface area contributed by atoms with Crippen LogP contribution in [0.15, 0.2) is 0 Å². The third kappa shape index (κ3) is 1.17. The Labute approximate surface area is 64.3 Å². The Kier molecular flexibility index (Phi) is 1.67. The summed E-state index contributed by atoms with van der Waals surface area (Å²) >= 11 is 0. The molecular formula is C6H10N2O3. The number of carbonyl (C=O) groups excluding carboxylic acids is 1. The molecule has 2 fully saturated rings. The maximum absolute atomic E-state index is 10.9. The second kappa shape index (κ2) is 2.67. The van der Waals surface area contributed by atoms with Gasteiger partial charge in [0, 0.05) is 6.54 Å². The standard InChI is InChI=1S/C6H10N2O3/c9-6-8(2-4-11-6)5-7-1-3-10-5/h5,7H,1-4H2. The summed E-state index contributed by atoms with van der Waals surface area (Å²) in [5, 5.41) is 3.03. The van der Waals surface area contributed by atoms with Gasteiger partial charge in [-0.1, -0.05) is 0 Å². The number of nitrogens with zero attached hydrogens (tertiary/aromatic N) is 1. The van der Waals surface area contributed by atoms with Crippen molar-refractivity contribution in [1.82, 2.24) is 10.2 Å². The molecule has 0 aromatic heterocycles. The molecule has 0 spiro atoms. The molecule has 62 valence electrons. The first-order valence-electron chi connectivity index (χ1n) is 3.66. The van der Waals surface area contributed by atoms with Crippen molar-refractivity contribution in [3.8, 4) is 0 Å². The zero-order valence-electron chi connectivity index (χ0n) is 6.08. The summed E-state index contributed by atoms with van der Waals surface area (Å²) in [6, 6.07) is 0. The van der Waals surface area contributed by atoms with Crippen molar-refractivity contribution in [3.05, 3.63) is 0 Å². The van der Waals surface area contributed by atoms with Crippen LogP contribution >= 0.6 is 0 Å². The van der Waals surface area contributed by atoms with Gasteiger partial charge in [0.2, 0.25) is 0 Å². The quantitative estimate of drug-likeness (QED) is 0.550. The summed E-state index contributed by atoms with van der Waals surface area (Å²) in [4.78, 5) is 12.5. The molecule has 2 heterocycles. The largest absolute Gasteiger partial charge is 0.447 e. The zero-order valence-corrected chi connectivity index (χ0v) is 6.08. The Bertz CT molecular complexity index is 167. The van der Waals surface area contributed by atoms with E-state index < -0.39 is 0 Å². The van der Waals surface area contributed by atoms with Crippen LogP contribution in [0, 0.1) is 0 Å². The Morgan fingerprint density at radius 3 is 3.00 bits per heavy atom. The Hall–Kier alpha value is -0.810. The van der Waals surface area contributed by atoms with Gasteiger partial charge in [0.05, 0.1) is 13.2 Å². The van der Waals surface area contributed by atoms with E-state index in [-0.39, 0.29) is 12.4 Å². The van der Waals surface area contributed by atoms with Crippen LogP contribution in [0.3, 0.4) is 0 Å². The van der Waals surface area contributed by atoms with Gasteiger partial charge in [0.25, 0.3) is 0 Å².